The van der Waals surface area contributed by atoms with Gasteiger partial charge in [-0.3, -0.25) is 4.99 Å². The van der Waals surface area contributed by atoms with Gasteiger partial charge in [0.25, 0.3) is 0 Å². The lowest BCUT2D eigenvalue weighted by Crippen LogP contribution is -2.38. The highest BCUT2D eigenvalue weighted by atomic mass is 16.5. The molecule has 2 aromatic rings. The SMILES string of the molecule is CCc1nncn1CCNC(=NC)NCc1ccnc(OC2CCC(C)CC2)c1. The Balaban J connectivity index is 1.44. The first kappa shape index (κ1) is 21.1. The smallest absolute Gasteiger partial charge is 0.213 e. The lowest BCUT2D eigenvalue weighted by atomic mass is 9.89. The van der Waals surface area contributed by atoms with Crippen molar-refractivity contribution < 1.29 is 4.74 Å². The molecule has 1 fully saturated rings. The van der Waals surface area contributed by atoms with Crippen LogP contribution in [-0.2, 0) is 19.5 Å². The van der Waals surface area contributed by atoms with Crippen molar-refractivity contribution in [1.82, 2.24) is 30.4 Å². The van der Waals surface area contributed by atoms with Gasteiger partial charge in [0.1, 0.15) is 18.3 Å². The molecule has 1 aliphatic rings. The van der Waals surface area contributed by atoms with E-state index in [1.54, 1.807) is 13.4 Å². The maximum Gasteiger partial charge on any atom is 0.213 e. The quantitative estimate of drug-likeness (QED) is 0.524. The molecule has 0 unspecified atom stereocenters. The van der Waals surface area contributed by atoms with E-state index in [2.05, 4.69) is 49.2 Å². The van der Waals surface area contributed by atoms with Crippen LogP contribution in [0.4, 0.5) is 0 Å². The van der Waals surface area contributed by atoms with Crippen molar-refractivity contribution in [2.24, 2.45) is 10.9 Å². The standard InChI is InChI=1S/C21H33N7O/c1-4-19-27-26-15-28(19)12-11-24-21(22-3)25-14-17-9-10-23-20(13-17)29-18-7-5-16(2)6-8-18/h9-10,13,15-16,18H,4-8,11-12,14H2,1-3H3,(H2,22,24,25). The first-order chi connectivity index (χ1) is 14.2. The van der Waals surface area contributed by atoms with Gasteiger partial charge < -0.3 is 19.9 Å². The highest BCUT2D eigenvalue weighted by molar-refractivity contribution is 5.79. The maximum absolute atomic E-state index is 6.11. The van der Waals surface area contributed by atoms with Crippen molar-refractivity contribution in [2.75, 3.05) is 13.6 Å². The summed E-state index contributed by atoms with van der Waals surface area (Å²) in [5, 5.41) is 14.7. The van der Waals surface area contributed by atoms with Crippen LogP contribution in [0.3, 0.4) is 0 Å². The minimum absolute atomic E-state index is 0.294. The number of rotatable bonds is 8. The predicted molar refractivity (Wildman–Crippen MR) is 114 cm³/mol. The third kappa shape index (κ3) is 6.44. The van der Waals surface area contributed by atoms with Gasteiger partial charge in [0.05, 0.1) is 0 Å². The fourth-order valence-electron chi connectivity index (χ4n) is 3.58. The average molecular weight is 400 g/mol. The Bertz CT molecular complexity index is 781. The van der Waals surface area contributed by atoms with E-state index in [4.69, 9.17) is 4.74 Å². The van der Waals surface area contributed by atoms with Crippen LogP contribution in [-0.4, -0.2) is 45.4 Å². The minimum atomic E-state index is 0.294. The maximum atomic E-state index is 6.11. The fourth-order valence-corrected chi connectivity index (χ4v) is 3.58. The van der Waals surface area contributed by atoms with Crippen molar-refractivity contribution in [2.45, 2.75) is 65.1 Å². The molecule has 29 heavy (non-hydrogen) atoms. The second-order valence-electron chi connectivity index (χ2n) is 7.65. The van der Waals surface area contributed by atoms with E-state index < -0.39 is 0 Å². The summed E-state index contributed by atoms with van der Waals surface area (Å²) in [4.78, 5) is 8.68. The summed E-state index contributed by atoms with van der Waals surface area (Å²) in [6.07, 6.45) is 9.46. The van der Waals surface area contributed by atoms with Crippen molar-refractivity contribution >= 4 is 5.96 Å². The third-order valence-electron chi connectivity index (χ3n) is 5.39. The summed E-state index contributed by atoms with van der Waals surface area (Å²) in [6.45, 7) is 6.60. The van der Waals surface area contributed by atoms with E-state index in [1.807, 2.05) is 18.3 Å². The number of pyridine rings is 1. The summed E-state index contributed by atoms with van der Waals surface area (Å²) in [5.41, 5.74) is 1.12. The fraction of sp³-hybridized carbons (Fsp3) is 0.619. The van der Waals surface area contributed by atoms with Crippen LogP contribution in [0.5, 0.6) is 5.88 Å². The molecule has 158 valence electrons. The van der Waals surface area contributed by atoms with Gasteiger partial charge in [-0.15, -0.1) is 10.2 Å². The minimum Gasteiger partial charge on any atom is -0.474 e. The summed E-state index contributed by atoms with van der Waals surface area (Å²) < 4.78 is 8.16. The van der Waals surface area contributed by atoms with E-state index in [9.17, 15) is 0 Å². The molecule has 2 heterocycles. The number of aryl methyl sites for hydroxylation is 1. The second kappa shape index (κ2) is 10.8. The normalized spacial score (nSPS) is 19.8. The van der Waals surface area contributed by atoms with Crippen LogP contribution >= 0.6 is 0 Å². The zero-order valence-corrected chi connectivity index (χ0v) is 17.8. The number of hydrogen-bond acceptors (Lipinski definition) is 5. The molecule has 0 amide bonds. The van der Waals surface area contributed by atoms with Crippen molar-refractivity contribution in [3.8, 4) is 5.88 Å². The monoisotopic (exact) mass is 399 g/mol. The zero-order valence-electron chi connectivity index (χ0n) is 17.8. The number of aromatic nitrogens is 4. The third-order valence-corrected chi connectivity index (χ3v) is 5.39. The molecule has 0 saturated heterocycles. The number of guanidine groups is 1. The second-order valence-corrected chi connectivity index (χ2v) is 7.65. The van der Waals surface area contributed by atoms with Gasteiger partial charge in [-0.1, -0.05) is 13.8 Å². The molecule has 0 aliphatic heterocycles. The predicted octanol–water partition coefficient (Wildman–Crippen LogP) is 2.56. The molecule has 0 spiro atoms. The Labute approximate surface area is 173 Å². The molecular formula is C21H33N7O. The molecule has 1 aliphatic carbocycles. The van der Waals surface area contributed by atoms with Crippen LogP contribution in [0.15, 0.2) is 29.6 Å². The van der Waals surface area contributed by atoms with Gasteiger partial charge in [0, 0.05) is 45.4 Å². The molecule has 0 atom stereocenters. The van der Waals surface area contributed by atoms with Crippen LogP contribution < -0.4 is 15.4 Å². The lowest BCUT2D eigenvalue weighted by molar-refractivity contribution is 0.130. The van der Waals surface area contributed by atoms with E-state index in [0.29, 0.717) is 18.5 Å². The Hall–Kier alpha value is -2.64. The summed E-state index contributed by atoms with van der Waals surface area (Å²) in [5.74, 6) is 3.28. The Kier molecular flexibility index (Phi) is 7.84. The largest absolute Gasteiger partial charge is 0.474 e. The number of hydrogen-bond donors (Lipinski definition) is 2. The Morgan fingerprint density at radius 1 is 1.28 bits per heavy atom. The van der Waals surface area contributed by atoms with Gasteiger partial charge in [0.2, 0.25) is 5.88 Å². The van der Waals surface area contributed by atoms with Gasteiger partial charge in [-0.2, -0.15) is 0 Å². The van der Waals surface area contributed by atoms with Crippen molar-refractivity contribution in [3.05, 3.63) is 36.0 Å². The number of ether oxygens (including phenoxy) is 1. The van der Waals surface area contributed by atoms with Gasteiger partial charge in [-0.25, -0.2) is 4.98 Å². The van der Waals surface area contributed by atoms with E-state index in [1.165, 1.54) is 12.8 Å². The molecule has 0 aromatic carbocycles. The Morgan fingerprint density at radius 2 is 2.10 bits per heavy atom. The number of aliphatic imine (C=N–C) groups is 1. The van der Waals surface area contributed by atoms with Crippen molar-refractivity contribution in [3.63, 3.8) is 0 Å². The molecule has 8 heteroatoms. The lowest BCUT2D eigenvalue weighted by Gasteiger charge is -2.26. The first-order valence-electron chi connectivity index (χ1n) is 10.6. The van der Waals surface area contributed by atoms with E-state index in [-0.39, 0.29) is 0 Å². The van der Waals surface area contributed by atoms with Gasteiger partial charge in [0.15, 0.2) is 5.96 Å². The molecule has 0 bridgehead atoms. The zero-order chi connectivity index (χ0) is 20.5. The molecule has 2 N–H and O–H groups in total. The molecule has 2 aromatic heterocycles. The van der Waals surface area contributed by atoms with Crippen LogP contribution in [0.25, 0.3) is 0 Å². The molecule has 3 rings (SSSR count). The number of nitrogens with one attached hydrogen (secondary N) is 2. The molecule has 1 saturated carbocycles. The highest BCUT2D eigenvalue weighted by Gasteiger charge is 2.19. The van der Waals surface area contributed by atoms with Crippen LogP contribution in [0, 0.1) is 5.92 Å². The van der Waals surface area contributed by atoms with Crippen molar-refractivity contribution in [1.29, 1.82) is 0 Å². The van der Waals surface area contributed by atoms with Gasteiger partial charge >= 0.3 is 0 Å². The van der Waals surface area contributed by atoms with Crippen LogP contribution in [0.1, 0.15) is 50.9 Å². The molecular weight excluding hydrogens is 366 g/mol. The highest BCUT2D eigenvalue weighted by Crippen LogP contribution is 2.26. The topological polar surface area (TPSA) is 89.2 Å². The van der Waals surface area contributed by atoms with E-state index >= 15 is 0 Å². The molecule has 8 nitrogen and oxygen atoms in total. The summed E-state index contributed by atoms with van der Waals surface area (Å²) >= 11 is 0. The van der Waals surface area contributed by atoms with E-state index in [0.717, 1.165) is 55.6 Å². The first-order valence-corrected chi connectivity index (χ1v) is 10.6. The summed E-state index contributed by atoms with van der Waals surface area (Å²) in [6, 6.07) is 4.02. The molecule has 0 radical (unpaired) electrons. The number of nitrogens with zero attached hydrogens (tertiary/aromatic N) is 5. The average Bonchev–Trinajstić information content (AvgIpc) is 3.20. The van der Waals surface area contributed by atoms with Crippen LogP contribution in [0.2, 0.25) is 0 Å². The Morgan fingerprint density at radius 3 is 2.86 bits per heavy atom. The van der Waals surface area contributed by atoms with Gasteiger partial charge in [-0.05, 0) is 43.2 Å². The summed E-state index contributed by atoms with van der Waals surface area (Å²) in [7, 11) is 1.77.